The highest BCUT2D eigenvalue weighted by Crippen LogP contribution is 2.49. The number of hydrogen-bond acceptors (Lipinski definition) is 5. The topological polar surface area (TPSA) is 78.7 Å². The molecule has 0 radical (unpaired) electrons. The molecule has 0 aromatic heterocycles. The molecule has 0 N–H and O–H groups in total. The Labute approximate surface area is 116 Å². The van der Waals surface area contributed by atoms with E-state index in [4.69, 9.17) is 20.6 Å². The van der Waals surface area contributed by atoms with Crippen LogP contribution >= 0.6 is 19.2 Å². The quantitative estimate of drug-likeness (QED) is 0.237. The Morgan fingerprint density at radius 2 is 2.00 bits per heavy atom. The summed E-state index contributed by atoms with van der Waals surface area (Å²) in [5, 5.41) is 10.5. The Morgan fingerprint density at radius 1 is 1.37 bits per heavy atom. The minimum Gasteiger partial charge on any atom is -0.424 e. The van der Waals surface area contributed by atoms with Gasteiger partial charge in [0, 0.05) is 12.1 Å². The van der Waals surface area contributed by atoms with Gasteiger partial charge in [-0.15, -0.1) is 11.6 Å². The third-order valence-corrected chi connectivity index (χ3v) is 4.46. The zero-order valence-corrected chi connectivity index (χ0v) is 12.1. The van der Waals surface area contributed by atoms with Crippen molar-refractivity contribution in [2.45, 2.75) is 19.8 Å². The number of nitro benzene ring substituents is 1. The lowest BCUT2D eigenvalue weighted by atomic mass is 10.3. The molecule has 0 fully saturated rings. The highest BCUT2D eigenvalue weighted by atomic mass is 35.5. The van der Waals surface area contributed by atoms with E-state index in [1.165, 1.54) is 24.3 Å². The molecule has 0 amide bonds. The van der Waals surface area contributed by atoms with E-state index in [2.05, 4.69) is 0 Å². The number of rotatable bonds is 8. The van der Waals surface area contributed by atoms with Gasteiger partial charge >= 0.3 is 7.60 Å². The van der Waals surface area contributed by atoms with Crippen LogP contribution < -0.4 is 4.52 Å². The van der Waals surface area contributed by atoms with Crippen molar-refractivity contribution in [1.82, 2.24) is 0 Å². The van der Waals surface area contributed by atoms with Gasteiger partial charge in [-0.2, -0.15) is 0 Å². The van der Waals surface area contributed by atoms with E-state index < -0.39 is 12.5 Å². The average molecular weight is 308 g/mol. The lowest BCUT2D eigenvalue weighted by Gasteiger charge is -2.16. The van der Waals surface area contributed by atoms with Crippen LogP contribution in [-0.2, 0) is 9.09 Å². The second-order valence-corrected chi connectivity index (χ2v) is 6.38. The maximum atomic E-state index is 12.1. The number of halogens is 1. The van der Waals surface area contributed by atoms with Crippen LogP contribution in [-0.4, -0.2) is 17.2 Å². The smallest absolute Gasteiger partial charge is 0.393 e. The van der Waals surface area contributed by atoms with Gasteiger partial charge in [0.15, 0.2) is 0 Å². The predicted octanol–water partition coefficient (Wildman–Crippen LogP) is 4.18. The molecule has 0 aliphatic carbocycles. The van der Waals surface area contributed by atoms with Crippen molar-refractivity contribution in [3.63, 3.8) is 0 Å². The molecule has 1 atom stereocenters. The van der Waals surface area contributed by atoms with E-state index in [-0.39, 0.29) is 17.1 Å². The van der Waals surface area contributed by atoms with Crippen molar-refractivity contribution in [3.8, 4) is 5.75 Å². The van der Waals surface area contributed by atoms with E-state index in [9.17, 15) is 14.7 Å². The minimum absolute atomic E-state index is 0.0695. The molecular formula is C11H15ClNO5P. The average Bonchev–Trinajstić information content (AvgIpc) is 2.39. The predicted molar refractivity (Wildman–Crippen MR) is 72.9 cm³/mol. The maximum Gasteiger partial charge on any atom is 0.393 e. The van der Waals surface area contributed by atoms with Gasteiger partial charge < -0.3 is 4.52 Å². The van der Waals surface area contributed by atoms with E-state index in [0.29, 0.717) is 6.61 Å². The zero-order chi connectivity index (χ0) is 14.3. The molecule has 0 heterocycles. The third kappa shape index (κ3) is 5.19. The fraction of sp³-hybridized carbons (Fsp3) is 0.455. The molecule has 19 heavy (non-hydrogen) atoms. The summed E-state index contributed by atoms with van der Waals surface area (Å²) in [6, 6.07) is 5.25. The minimum atomic E-state index is -3.40. The van der Waals surface area contributed by atoms with Crippen LogP contribution in [0.25, 0.3) is 0 Å². The van der Waals surface area contributed by atoms with E-state index in [1.807, 2.05) is 6.92 Å². The van der Waals surface area contributed by atoms with Crippen molar-refractivity contribution in [2.24, 2.45) is 0 Å². The number of nitrogens with zero attached hydrogens (tertiary/aromatic N) is 1. The van der Waals surface area contributed by atoms with Gasteiger partial charge in [-0.25, -0.2) is 4.57 Å². The van der Waals surface area contributed by atoms with Gasteiger partial charge in [-0.05, 0) is 18.6 Å². The summed E-state index contributed by atoms with van der Waals surface area (Å²) in [5.41, 5.74) is -0.340. The zero-order valence-electron chi connectivity index (χ0n) is 10.5. The summed E-state index contributed by atoms with van der Waals surface area (Å²) in [5.74, 6) is 0.228. The molecule has 1 rings (SSSR count). The maximum absolute atomic E-state index is 12.1. The second-order valence-electron chi connectivity index (χ2n) is 3.76. The van der Waals surface area contributed by atoms with Gasteiger partial charge in [0.25, 0.3) is 5.69 Å². The van der Waals surface area contributed by atoms with Gasteiger partial charge in [-0.1, -0.05) is 13.3 Å². The second kappa shape index (κ2) is 7.48. The molecule has 8 heteroatoms. The van der Waals surface area contributed by atoms with Crippen LogP contribution in [0.15, 0.2) is 24.3 Å². The number of non-ortho nitro benzene ring substituents is 1. The number of nitro groups is 1. The Morgan fingerprint density at radius 3 is 2.47 bits per heavy atom. The first-order valence-corrected chi connectivity index (χ1v) is 8.00. The molecule has 0 saturated heterocycles. The lowest BCUT2D eigenvalue weighted by molar-refractivity contribution is -0.384. The summed E-state index contributed by atoms with van der Waals surface area (Å²) in [7, 11) is -3.40. The van der Waals surface area contributed by atoms with Crippen molar-refractivity contribution in [3.05, 3.63) is 34.4 Å². The van der Waals surface area contributed by atoms with Crippen molar-refractivity contribution in [2.75, 3.05) is 12.2 Å². The summed E-state index contributed by atoms with van der Waals surface area (Å²) in [4.78, 5) is 9.97. The Kier molecular flexibility index (Phi) is 6.28. The largest absolute Gasteiger partial charge is 0.424 e. The fourth-order valence-corrected chi connectivity index (χ4v) is 2.60. The van der Waals surface area contributed by atoms with Gasteiger partial charge in [-0.3, -0.25) is 14.6 Å². The summed E-state index contributed by atoms with van der Waals surface area (Å²) in [6.45, 7) is 2.28. The standard InChI is InChI=1S/C11H15ClNO5P/c1-2-3-8-17-19(16,9-12)18-11-6-4-10(5-7-11)13(14)15/h4-7H,2-3,8-9H2,1H3. The molecule has 1 aromatic carbocycles. The van der Waals surface area contributed by atoms with Crippen molar-refractivity contribution in [1.29, 1.82) is 0 Å². The van der Waals surface area contributed by atoms with Crippen LogP contribution in [0.3, 0.4) is 0 Å². The molecule has 6 nitrogen and oxygen atoms in total. The first kappa shape index (κ1) is 16.0. The van der Waals surface area contributed by atoms with E-state index in [1.54, 1.807) is 0 Å². The van der Waals surface area contributed by atoms with Crippen LogP contribution in [0.5, 0.6) is 5.75 Å². The van der Waals surface area contributed by atoms with Crippen LogP contribution in [0, 0.1) is 10.1 Å². The molecule has 0 aliphatic rings. The molecule has 0 saturated carbocycles. The van der Waals surface area contributed by atoms with Crippen LogP contribution in [0.2, 0.25) is 0 Å². The summed E-state index contributed by atoms with van der Waals surface area (Å²) < 4.78 is 22.5. The molecule has 0 spiro atoms. The van der Waals surface area contributed by atoms with Crippen LogP contribution in [0.4, 0.5) is 5.69 Å². The van der Waals surface area contributed by atoms with Crippen molar-refractivity contribution < 1.29 is 18.5 Å². The molecule has 0 aliphatic heterocycles. The number of unbranched alkanes of at least 4 members (excludes halogenated alkanes) is 1. The van der Waals surface area contributed by atoms with Gasteiger partial charge in [0.2, 0.25) is 0 Å². The normalized spacial score (nSPS) is 13.8. The Hall–Kier alpha value is -1.10. The van der Waals surface area contributed by atoms with E-state index >= 15 is 0 Å². The Bertz CT molecular complexity index is 465. The van der Waals surface area contributed by atoms with Gasteiger partial charge in [0.1, 0.15) is 11.4 Å². The third-order valence-electron chi connectivity index (χ3n) is 2.22. The highest BCUT2D eigenvalue weighted by Gasteiger charge is 2.25. The molecule has 1 aromatic rings. The molecular weight excluding hydrogens is 293 g/mol. The molecule has 106 valence electrons. The first-order valence-electron chi connectivity index (χ1n) is 5.74. The van der Waals surface area contributed by atoms with Crippen LogP contribution in [0.1, 0.15) is 19.8 Å². The van der Waals surface area contributed by atoms with Gasteiger partial charge in [0.05, 0.1) is 11.5 Å². The SMILES string of the molecule is CCCCOP(=O)(CCl)Oc1ccc([N+](=O)[O-])cc1. The number of hydrogen-bond donors (Lipinski definition) is 0. The summed E-state index contributed by atoms with van der Waals surface area (Å²) in [6.07, 6.45) is 1.66. The number of alkyl halides is 1. The highest BCUT2D eigenvalue weighted by molar-refractivity contribution is 7.56. The lowest BCUT2D eigenvalue weighted by Crippen LogP contribution is -2.01. The monoisotopic (exact) mass is 307 g/mol. The van der Waals surface area contributed by atoms with Crippen molar-refractivity contribution >= 4 is 24.9 Å². The first-order chi connectivity index (χ1) is 9.00. The molecule has 1 unspecified atom stereocenters. The number of benzene rings is 1. The Balaban J connectivity index is 2.69. The summed E-state index contributed by atoms with van der Waals surface area (Å²) >= 11 is 5.60. The van der Waals surface area contributed by atoms with E-state index in [0.717, 1.165) is 12.8 Å². The molecule has 0 bridgehead atoms. The fourth-order valence-electron chi connectivity index (χ4n) is 1.22.